The summed E-state index contributed by atoms with van der Waals surface area (Å²) in [6, 6.07) is 5.61. The number of benzene rings is 1. The summed E-state index contributed by atoms with van der Waals surface area (Å²) in [6.45, 7) is 14.3. The lowest BCUT2D eigenvalue weighted by atomic mass is 9.87. The summed E-state index contributed by atoms with van der Waals surface area (Å²) in [6.07, 6.45) is 1.81. The SMILES string of the molecule is CC(C)(C)C[C@@H](NC(=O)OC(C)(C)C)C(=O)N1CCN(c2ccc3[nH]ncc3c2)CC1. The molecule has 2 amide bonds. The number of carbonyl (C=O) groups excluding carboxylic acids is 2. The largest absolute Gasteiger partial charge is 0.444 e. The maximum atomic E-state index is 13.3. The van der Waals surface area contributed by atoms with Gasteiger partial charge >= 0.3 is 6.09 Å². The van der Waals surface area contributed by atoms with Crippen LogP contribution in [0, 0.1) is 5.41 Å². The van der Waals surface area contributed by atoms with Crippen LogP contribution in [0.4, 0.5) is 10.5 Å². The van der Waals surface area contributed by atoms with Crippen molar-refractivity contribution in [1.82, 2.24) is 20.4 Å². The Morgan fingerprint density at radius 2 is 1.81 bits per heavy atom. The van der Waals surface area contributed by atoms with E-state index in [0.717, 1.165) is 29.7 Å². The van der Waals surface area contributed by atoms with Crippen LogP contribution in [0.15, 0.2) is 24.4 Å². The molecule has 2 aromatic rings. The van der Waals surface area contributed by atoms with E-state index in [9.17, 15) is 9.59 Å². The third kappa shape index (κ3) is 6.35. The molecule has 0 saturated carbocycles. The molecule has 170 valence electrons. The molecule has 1 aromatic carbocycles. The number of H-pyrrole nitrogens is 1. The van der Waals surface area contributed by atoms with Crippen LogP contribution in [0.1, 0.15) is 48.0 Å². The molecule has 31 heavy (non-hydrogen) atoms. The maximum Gasteiger partial charge on any atom is 0.408 e. The Labute approximate surface area is 184 Å². The molecule has 1 aliphatic heterocycles. The molecule has 2 heterocycles. The monoisotopic (exact) mass is 429 g/mol. The molecule has 0 spiro atoms. The maximum absolute atomic E-state index is 13.3. The third-order valence-corrected chi connectivity index (χ3v) is 5.19. The number of anilines is 1. The highest BCUT2D eigenvalue weighted by Gasteiger charge is 2.33. The summed E-state index contributed by atoms with van der Waals surface area (Å²) in [4.78, 5) is 29.8. The molecular formula is C23H35N5O3. The van der Waals surface area contributed by atoms with Gasteiger partial charge in [0.2, 0.25) is 5.91 Å². The Balaban J connectivity index is 1.64. The fraction of sp³-hybridized carbons (Fsp3) is 0.609. The van der Waals surface area contributed by atoms with Gasteiger partial charge in [-0.15, -0.1) is 0 Å². The van der Waals surface area contributed by atoms with Gasteiger partial charge in [-0.25, -0.2) is 4.79 Å². The Morgan fingerprint density at radius 3 is 2.42 bits per heavy atom. The van der Waals surface area contributed by atoms with Gasteiger partial charge in [-0.1, -0.05) is 20.8 Å². The van der Waals surface area contributed by atoms with Crippen LogP contribution in [0.5, 0.6) is 0 Å². The number of alkyl carbamates (subject to hydrolysis) is 1. The van der Waals surface area contributed by atoms with Crippen LogP contribution in [-0.2, 0) is 9.53 Å². The molecule has 3 rings (SSSR count). The number of amides is 2. The number of hydrogen-bond donors (Lipinski definition) is 2. The van der Waals surface area contributed by atoms with Crippen molar-refractivity contribution in [2.24, 2.45) is 5.41 Å². The summed E-state index contributed by atoms with van der Waals surface area (Å²) in [5.41, 5.74) is 1.41. The molecule has 2 N–H and O–H groups in total. The van der Waals surface area contributed by atoms with E-state index in [1.54, 1.807) is 0 Å². The van der Waals surface area contributed by atoms with Gasteiger partial charge in [-0.3, -0.25) is 9.89 Å². The zero-order chi connectivity index (χ0) is 22.8. The molecule has 8 nitrogen and oxygen atoms in total. The minimum absolute atomic E-state index is 0.0503. The summed E-state index contributed by atoms with van der Waals surface area (Å²) < 4.78 is 5.39. The van der Waals surface area contributed by atoms with Gasteiger partial charge in [-0.2, -0.15) is 5.10 Å². The summed E-state index contributed by atoms with van der Waals surface area (Å²) in [7, 11) is 0. The van der Waals surface area contributed by atoms with Crippen molar-refractivity contribution in [1.29, 1.82) is 0 Å². The lowest BCUT2D eigenvalue weighted by molar-refractivity contribution is -0.134. The second-order valence-corrected chi connectivity index (χ2v) is 10.4. The average molecular weight is 430 g/mol. The topological polar surface area (TPSA) is 90.6 Å². The highest BCUT2D eigenvalue weighted by atomic mass is 16.6. The van der Waals surface area contributed by atoms with E-state index in [2.05, 4.69) is 53.3 Å². The summed E-state index contributed by atoms with van der Waals surface area (Å²) in [5.74, 6) is -0.0503. The van der Waals surface area contributed by atoms with Gasteiger partial charge in [0.25, 0.3) is 0 Å². The van der Waals surface area contributed by atoms with Crippen LogP contribution in [-0.4, -0.2) is 64.9 Å². The molecule has 1 saturated heterocycles. The number of aromatic nitrogens is 2. The van der Waals surface area contributed by atoms with E-state index in [1.165, 1.54) is 0 Å². The van der Waals surface area contributed by atoms with E-state index in [-0.39, 0.29) is 11.3 Å². The molecule has 8 heteroatoms. The van der Waals surface area contributed by atoms with Crippen molar-refractivity contribution in [3.63, 3.8) is 0 Å². The number of carbonyl (C=O) groups is 2. The van der Waals surface area contributed by atoms with Gasteiger partial charge in [0, 0.05) is 37.3 Å². The van der Waals surface area contributed by atoms with Crippen LogP contribution in [0.25, 0.3) is 10.9 Å². The first-order chi connectivity index (χ1) is 14.4. The molecule has 1 aliphatic rings. The quantitative estimate of drug-likeness (QED) is 0.776. The minimum Gasteiger partial charge on any atom is -0.444 e. The van der Waals surface area contributed by atoms with E-state index in [0.29, 0.717) is 19.5 Å². The smallest absolute Gasteiger partial charge is 0.408 e. The third-order valence-electron chi connectivity index (χ3n) is 5.19. The van der Waals surface area contributed by atoms with Gasteiger partial charge < -0.3 is 19.9 Å². The average Bonchev–Trinajstić information content (AvgIpc) is 3.12. The first kappa shape index (κ1) is 22.9. The van der Waals surface area contributed by atoms with Gasteiger partial charge in [-0.05, 0) is 50.8 Å². The van der Waals surface area contributed by atoms with Crippen LogP contribution in [0.2, 0.25) is 0 Å². The number of nitrogens with zero attached hydrogens (tertiary/aromatic N) is 3. The lowest BCUT2D eigenvalue weighted by Gasteiger charge is -2.38. The van der Waals surface area contributed by atoms with Gasteiger partial charge in [0.1, 0.15) is 11.6 Å². The molecular weight excluding hydrogens is 394 g/mol. The second-order valence-electron chi connectivity index (χ2n) is 10.4. The Bertz CT molecular complexity index is 917. The van der Waals surface area contributed by atoms with Crippen molar-refractivity contribution in [3.05, 3.63) is 24.4 Å². The predicted octanol–water partition coefficient (Wildman–Crippen LogP) is 3.54. The first-order valence-electron chi connectivity index (χ1n) is 10.9. The van der Waals surface area contributed by atoms with E-state index < -0.39 is 17.7 Å². The second kappa shape index (κ2) is 8.77. The van der Waals surface area contributed by atoms with E-state index in [1.807, 2.05) is 37.9 Å². The molecule has 0 aliphatic carbocycles. The number of nitrogens with one attached hydrogen (secondary N) is 2. The van der Waals surface area contributed by atoms with Crippen molar-refractivity contribution in [2.75, 3.05) is 31.1 Å². The molecule has 1 aromatic heterocycles. The van der Waals surface area contributed by atoms with Crippen molar-refractivity contribution >= 4 is 28.6 Å². The van der Waals surface area contributed by atoms with Crippen molar-refractivity contribution in [2.45, 2.75) is 59.6 Å². The van der Waals surface area contributed by atoms with E-state index >= 15 is 0 Å². The summed E-state index contributed by atoms with van der Waals surface area (Å²) in [5, 5.41) is 10.9. The number of fused-ring (bicyclic) bond motifs is 1. The zero-order valence-electron chi connectivity index (χ0n) is 19.5. The van der Waals surface area contributed by atoms with Crippen LogP contribution in [0.3, 0.4) is 0 Å². The molecule has 0 radical (unpaired) electrons. The number of rotatable bonds is 4. The minimum atomic E-state index is -0.610. The van der Waals surface area contributed by atoms with E-state index in [4.69, 9.17) is 4.74 Å². The number of piperazine rings is 1. The van der Waals surface area contributed by atoms with Crippen molar-refractivity contribution in [3.8, 4) is 0 Å². The Morgan fingerprint density at radius 1 is 1.13 bits per heavy atom. The van der Waals surface area contributed by atoms with Crippen LogP contribution < -0.4 is 10.2 Å². The van der Waals surface area contributed by atoms with Gasteiger partial charge in [0.05, 0.1) is 11.7 Å². The standard InChI is InChI=1S/C23H35N5O3/c1-22(2,3)14-19(25-21(30)31-23(4,5)6)20(29)28-11-9-27(10-12-28)17-7-8-18-16(13-17)15-24-26-18/h7-8,13,15,19H,9-12,14H2,1-6H3,(H,24,26)(H,25,30)/t19-/m1/s1. The van der Waals surface area contributed by atoms with Crippen molar-refractivity contribution < 1.29 is 14.3 Å². The number of aromatic amines is 1. The highest BCUT2D eigenvalue weighted by Crippen LogP contribution is 2.24. The first-order valence-corrected chi connectivity index (χ1v) is 10.9. The molecule has 0 unspecified atom stereocenters. The lowest BCUT2D eigenvalue weighted by Crippen LogP contribution is -2.56. The summed E-state index contributed by atoms with van der Waals surface area (Å²) >= 11 is 0. The molecule has 1 atom stereocenters. The Hall–Kier alpha value is -2.77. The fourth-order valence-electron chi connectivity index (χ4n) is 3.79. The van der Waals surface area contributed by atoms with Gasteiger partial charge in [0.15, 0.2) is 0 Å². The normalized spacial score (nSPS) is 16.3. The zero-order valence-corrected chi connectivity index (χ0v) is 19.5. The Kier molecular flexibility index (Phi) is 6.48. The molecule has 1 fully saturated rings. The number of hydrogen-bond acceptors (Lipinski definition) is 5. The molecule has 0 bridgehead atoms. The highest BCUT2D eigenvalue weighted by molar-refractivity contribution is 5.86. The predicted molar refractivity (Wildman–Crippen MR) is 122 cm³/mol. The van der Waals surface area contributed by atoms with Crippen LogP contribution >= 0.6 is 0 Å². The fourth-order valence-corrected chi connectivity index (χ4v) is 3.79. The number of ether oxygens (including phenoxy) is 1.